The third kappa shape index (κ3) is 3.38. The Balaban J connectivity index is 2.26. The molecule has 0 aliphatic carbocycles. The van der Waals surface area contributed by atoms with Crippen molar-refractivity contribution in [2.45, 2.75) is 6.42 Å². The van der Waals surface area contributed by atoms with Crippen LogP contribution in [0.15, 0.2) is 48.7 Å². The van der Waals surface area contributed by atoms with Crippen molar-refractivity contribution in [1.82, 2.24) is 4.98 Å². The van der Waals surface area contributed by atoms with E-state index in [0.29, 0.717) is 5.75 Å². The number of ether oxygens (including phenoxy) is 1. The molecule has 0 fully saturated rings. The standard InChI is InChI=1S/C14H11NO4/c16-12(9-13(17)18)11-7-4-8-15-14(11)19-10-5-2-1-3-6-10/h1-8H,9H2,(H,17,18). The van der Waals surface area contributed by atoms with Crippen LogP contribution in [0, 0.1) is 0 Å². The molecule has 2 rings (SSSR count). The molecule has 0 aliphatic heterocycles. The van der Waals surface area contributed by atoms with E-state index in [9.17, 15) is 9.59 Å². The molecule has 0 spiro atoms. The van der Waals surface area contributed by atoms with Gasteiger partial charge in [0.2, 0.25) is 5.88 Å². The van der Waals surface area contributed by atoms with Crippen LogP contribution in [0.4, 0.5) is 0 Å². The SMILES string of the molecule is O=C(O)CC(=O)c1cccnc1Oc1ccccc1. The van der Waals surface area contributed by atoms with Crippen molar-refractivity contribution < 1.29 is 19.4 Å². The van der Waals surface area contributed by atoms with Crippen molar-refractivity contribution in [2.24, 2.45) is 0 Å². The lowest BCUT2D eigenvalue weighted by Gasteiger charge is -2.08. The molecule has 1 aromatic carbocycles. The summed E-state index contributed by atoms with van der Waals surface area (Å²) < 4.78 is 5.49. The maximum atomic E-state index is 11.8. The first-order chi connectivity index (χ1) is 9.16. The molecule has 2 aromatic rings. The lowest BCUT2D eigenvalue weighted by Crippen LogP contribution is -2.09. The molecular weight excluding hydrogens is 246 g/mol. The van der Waals surface area contributed by atoms with Gasteiger partial charge in [-0.3, -0.25) is 9.59 Å². The third-order valence-corrected chi connectivity index (χ3v) is 2.34. The van der Waals surface area contributed by atoms with Gasteiger partial charge in [0.1, 0.15) is 12.2 Å². The Labute approximate surface area is 109 Å². The van der Waals surface area contributed by atoms with E-state index in [-0.39, 0.29) is 11.4 Å². The molecule has 0 radical (unpaired) electrons. The van der Waals surface area contributed by atoms with E-state index < -0.39 is 18.2 Å². The van der Waals surface area contributed by atoms with E-state index in [2.05, 4.69) is 4.98 Å². The number of rotatable bonds is 5. The summed E-state index contributed by atoms with van der Waals surface area (Å²) in [5.41, 5.74) is 0.161. The van der Waals surface area contributed by atoms with Gasteiger partial charge in [-0.2, -0.15) is 0 Å². The zero-order valence-corrected chi connectivity index (χ0v) is 9.95. The average molecular weight is 257 g/mol. The lowest BCUT2D eigenvalue weighted by atomic mass is 10.1. The number of aromatic nitrogens is 1. The molecule has 5 nitrogen and oxygen atoms in total. The minimum Gasteiger partial charge on any atom is -0.481 e. The molecule has 1 N–H and O–H groups in total. The van der Waals surface area contributed by atoms with E-state index in [1.807, 2.05) is 6.07 Å². The van der Waals surface area contributed by atoms with E-state index in [1.165, 1.54) is 12.3 Å². The van der Waals surface area contributed by atoms with Crippen molar-refractivity contribution in [3.8, 4) is 11.6 Å². The number of hydrogen-bond donors (Lipinski definition) is 1. The number of carboxylic acids is 1. The number of nitrogens with zero attached hydrogens (tertiary/aromatic N) is 1. The summed E-state index contributed by atoms with van der Waals surface area (Å²) >= 11 is 0. The molecule has 0 bridgehead atoms. The fraction of sp³-hybridized carbons (Fsp3) is 0.0714. The number of aliphatic carboxylic acids is 1. The Kier molecular flexibility index (Phi) is 3.87. The van der Waals surface area contributed by atoms with Gasteiger partial charge in [-0.05, 0) is 24.3 Å². The summed E-state index contributed by atoms with van der Waals surface area (Å²) in [5.74, 6) is -1.07. The molecule has 0 saturated heterocycles. The zero-order chi connectivity index (χ0) is 13.7. The zero-order valence-electron chi connectivity index (χ0n) is 9.95. The molecule has 96 valence electrons. The first-order valence-electron chi connectivity index (χ1n) is 5.60. The van der Waals surface area contributed by atoms with Gasteiger partial charge in [0, 0.05) is 6.20 Å². The molecule has 19 heavy (non-hydrogen) atoms. The molecule has 1 heterocycles. The Morgan fingerprint density at radius 3 is 2.53 bits per heavy atom. The highest BCUT2D eigenvalue weighted by atomic mass is 16.5. The van der Waals surface area contributed by atoms with E-state index in [0.717, 1.165) is 0 Å². The van der Waals surface area contributed by atoms with Crippen LogP contribution in [0.3, 0.4) is 0 Å². The second-order valence-electron chi connectivity index (χ2n) is 3.76. The van der Waals surface area contributed by atoms with Gasteiger partial charge >= 0.3 is 5.97 Å². The maximum Gasteiger partial charge on any atom is 0.311 e. The van der Waals surface area contributed by atoms with Gasteiger partial charge in [-0.15, -0.1) is 0 Å². The van der Waals surface area contributed by atoms with Crippen LogP contribution in [0.25, 0.3) is 0 Å². The number of Topliss-reactive ketones (excluding diaryl/α,β-unsaturated/α-hetero) is 1. The molecule has 5 heteroatoms. The van der Waals surface area contributed by atoms with Gasteiger partial charge in [-0.1, -0.05) is 18.2 Å². The second kappa shape index (κ2) is 5.77. The number of para-hydroxylation sites is 1. The number of ketones is 1. The first kappa shape index (κ1) is 12.8. The highest BCUT2D eigenvalue weighted by Gasteiger charge is 2.16. The van der Waals surface area contributed by atoms with Crippen LogP contribution in [-0.2, 0) is 4.79 Å². The molecule has 0 unspecified atom stereocenters. The summed E-state index contributed by atoms with van der Waals surface area (Å²) in [7, 11) is 0. The highest BCUT2D eigenvalue weighted by molar-refractivity contribution is 6.06. The second-order valence-corrected chi connectivity index (χ2v) is 3.76. The van der Waals surface area contributed by atoms with Crippen molar-refractivity contribution in [3.63, 3.8) is 0 Å². The van der Waals surface area contributed by atoms with E-state index >= 15 is 0 Å². The quantitative estimate of drug-likeness (QED) is 0.658. The first-order valence-corrected chi connectivity index (χ1v) is 5.60. The average Bonchev–Trinajstić information content (AvgIpc) is 2.39. The monoisotopic (exact) mass is 257 g/mol. The molecule has 0 aliphatic rings. The summed E-state index contributed by atoms with van der Waals surface area (Å²) in [6.45, 7) is 0. The Bertz CT molecular complexity index is 595. The number of carboxylic acid groups (broad SMARTS) is 1. The van der Waals surface area contributed by atoms with Gasteiger partial charge in [-0.25, -0.2) is 4.98 Å². The fourth-order valence-electron chi connectivity index (χ4n) is 1.52. The number of hydrogen-bond acceptors (Lipinski definition) is 4. The number of benzene rings is 1. The fourth-order valence-corrected chi connectivity index (χ4v) is 1.52. The topological polar surface area (TPSA) is 76.5 Å². The summed E-state index contributed by atoms with van der Waals surface area (Å²) in [6, 6.07) is 11.9. The summed E-state index contributed by atoms with van der Waals surface area (Å²) in [5, 5.41) is 8.64. The Hall–Kier alpha value is -2.69. The molecule has 0 amide bonds. The normalized spacial score (nSPS) is 9.89. The maximum absolute atomic E-state index is 11.8. The van der Waals surface area contributed by atoms with Crippen molar-refractivity contribution in [2.75, 3.05) is 0 Å². The van der Waals surface area contributed by atoms with E-state index in [1.54, 1.807) is 30.3 Å². The van der Waals surface area contributed by atoms with Crippen LogP contribution in [0.1, 0.15) is 16.8 Å². The number of carbonyl (C=O) groups is 2. The third-order valence-electron chi connectivity index (χ3n) is 2.34. The Morgan fingerprint density at radius 1 is 1.11 bits per heavy atom. The van der Waals surface area contributed by atoms with Gasteiger partial charge in [0.05, 0.1) is 5.56 Å². The summed E-state index contributed by atoms with van der Waals surface area (Å²) in [4.78, 5) is 26.3. The van der Waals surface area contributed by atoms with E-state index in [4.69, 9.17) is 9.84 Å². The molecule has 0 saturated carbocycles. The van der Waals surface area contributed by atoms with Crippen molar-refractivity contribution in [1.29, 1.82) is 0 Å². The molecular formula is C14H11NO4. The van der Waals surface area contributed by atoms with Gasteiger partial charge in [0.25, 0.3) is 0 Å². The van der Waals surface area contributed by atoms with Crippen LogP contribution in [0.2, 0.25) is 0 Å². The predicted molar refractivity (Wildman–Crippen MR) is 67.3 cm³/mol. The predicted octanol–water partition coefficient (Wildman–Crippen LogP) is 2.53. The minimum atomic E-state index is -1.18. The van der Waals surface area contributed by atoms with Gasteiger partial charge < -0.3 is 9.84 Å². The Morgan fingerprint density at radius 2 is 1.84 bits per heavy atom. The smallest absolute Gasteiger partial charge is 0.311 e. The van der Waals surface area contributed by atoms with Crippen molar-refractivity contribution in [3.05, 3.63) is 54.2 Å². The number of carbonyl (C=O) groups excluding carboxylic acids is 1. The van der Waals surface area contributed by atoms with Gasteiger partial charge in [0.15, 0.2) is 5.78 Å². The van der Waals surface area contributed by atoms with Crippen LogP contribution < -0.4 is 4.74 Å². The largest absolute Gasteiger partial charge is 0.481 e. The van der Waals surface area contributed by atoms with Crippen LogP contribution >= 0.6 is 0 Å². The summed E-state index contributed by atoms with van der Waals surface area (Å²) in [6.07, 6.45) is 0.895. The molecule has 0 atom stereocenters. The van der Waals surface area contributed by atoms with Crippen LogP contribution in [0.5, 0.6) is 11.6 Å². The van der Waals surface area contributed by atoms with Crippen LogP contribution in [-0.4, -0.2) is 21.8 Å². The van der Waals surface area contributed by atoms with Crippen molar-refractivity contribution >= 4 is 11.8 Å². The number of pyridine rings is 1. The minimum absolute atomic E-state index is 0.111. The molecule has 1 aromatic heterocycles. The highest BCUT2D eigenvalue weighted by Crippen LogP contribution is 2.23. The lowest BCUT2D eigenvalue weighted by molar-refractivity contribution is -0.135.